The topological polar surface area (TPSA) is 79.3 Å². The molecule has 0 spiro atoms. The summed E-state index contributed by atoms with van der Waals surface area (Å²) < 4.78 is 11.5. The second-order valence-electron chi connectivity index (χ2n) is 11.2. The highest BCUT2D eigenvalue weighted by molar-refractivity contribution is 5.77. The van der Waals surface area contributed by atoms with E-state index in [1.165, 1.54) is 12.7 Å². The highest BCUT2D eigenvalue weighted by Gasteiger charge is 2.61. The molecule has 3 aliphatic carbocycles. The molecule has 1 aliphatic heterocycles. The lowest BCUT2D eigenvalue weighted by atomic mass is 9.46. The number of carbonyl (C=O) groups is 1. The minimum Gasteiger partial charge on any atom is -0.508 e. The smallest absolute Gasteiger partial charge is 0.311 e. The van der Waals surface area contributed by atoms with E-state index >= 15 is 0 Å². The number of ether oxygens (including phenoxy) is 2. The number of benzene rings is 1. The van der Waals surface area contributed by atoms with Crippen LogP contribution in [0.3, 0.4) is 0 Å². The molecule has 0 aromatic heterocycles. The Morgan fingerprint density at radius 2 is 1.94 bits per heavy atom. The van der Waals surface area contributed by atoms with Gasteiger partial charge < -0.3 is 19.7 Å². The molecule has 4 aliphatic rings. The molecule has 1 saturated heterocycles. The van der Waals surface area contributed by atoms with Crippen molar-refractivity contribution in [3.05, 3.63) is 35.4 Å². The molecule has 2 saturated carbocycles. The van der Waals surface area contributed by atoms with Gasteiger partial charge in [0, 0.05) is 24.0 Å². The number of hydrogen-bond acceptors (Lipinski definition) is 5. The van der Waals surface area contributed by atoms with Gasteiger partial charge >= 0.3 is 5.97 Å². The maximum atomic E-state index is 12.8. The number of hydrogen-bond donors (Lipinski definition) is 2. The highest BCUT2D eigenvalue weighted by Crippen LogP contribution is 2.63. The molecular formula is C27H36O5. The van der Waals surface area contributed by atoms with Crippen LogP contribution in [0.15, 0.2) is 24.3 Å². The van der Waals surface area contributed by atoms with Crippen LogP contribution in [0.1, 0.15) is 69.9 Å². The third-order valence-electron chi connectivity index (χ3n) is 9.68. The lowest BCUT2D eigenvalue weighted by Crippen LogP contribution is -2.53. The lowest BCUT2D eigenvalue weighted by molar-refractivity contribution is -0.168. The molecule has 0 bridgehead atoms. The van der Waals surface area contributed by atoms with Crippen LogP contribution < -0.4 is 0 Å². The van der Waals surface area contributed by atoms with Crippen molar-refractivity contribution in [2.45, 2.75) is 83.3 Å². The average molecular weight is 441 g/mol. The van der Waals surface area contributed by atoms with Crippen LogP contribution in [0.25, 0.3) is 0 Å². The Morgan fingerprint density at radius 3 is 2.66 bits per heavy atom. The van der Waals surface area contributed by atoms with E-state index in [-0.39, 0.29) is 34.6 Å². The maximum Gasteiger partial charge on any atom is 0.311 e. The predicted octanol–water partition coefficient (Wildman–Crippen LogP) is 5.07. The summed E-state index contributed by atoms with van der Waals surface area (Å²) in [5.41, 5.74) is 2.33. The molecular weight excluding hydrogens is 404 g/mol. The first-order valence-electron chi connectivity index (χ1n) is 12.1. The zero-order chi connectivity index (χ0) is 22.9. The Balaban J connectivity index is 1.37. The second-order valence-corrected chi connectivity index (χ2v) is 11.2. The second kappa shape index (κ2) is 7.24. The van der Waals surface area contributed by atoms with Crippen LogP contribution in [0, 0.1) is 22.7 Å². The van der Waals surface area contributed by atoms with E-state index in [2.05, 4.69) is 20.4 Å². The number of carbonyl (C=O) groups excluding carboxylic acids is 1. The van der Waals surface area contributed by atoms with Crippen LogP contribution >= 0.6 is 0 Å². The van der Waals surface area contributed by atoms with Crippen molar-refractivity contribution in [3.8, 4) is 11.5 Å². The van der Waals surface area contributed by atoms with E-state index in [1.54, 1.807) is 12.1 Å². The van der Waals surface area contributed by atoms with Crippen LogP contribution in [-0.4, -0.2) is 35.0 Å². The summed E-state index contributed by atoms with van der Waals surface area (Å²) in [6.45, 7) is 8.96. The molecule has 0 amide bonds. The highest BCUT2D eigenvalue weighted by atomic mass is 16.6. The van der Waals surface area contributed by atoms with Crippen LogP contribution in [0.4, 0.5) is 0 Å². The van der Waals surface area contributed by atoms with Crippen molar-refractivity contribution < 1.29 is 24.5 Å². The summed E-state index contributed by atoms with van der Waals surface area (Å²) in [4.78, 5) is 12.8. The number of methoxy groups -OCH3 is 1. The van der Waals surface area contributed by atoms with Gasteiger partial charge in [0.25, 0.3) is 0 Å². The van der Waals surface area contributed by atoms with E-state index in [0.29, 0.717) is 24.7 Å². The fraction of sp³-hybridized carbons (Fsp3) is 0.667. The number of esters is 1. The third-order valence-corrected chi connectivity index (χ3v) is 9.68. The van der Waals surface area contributed by atoms with Gasteiger partial charge in [-0.1, -0.05) is 25.5 Å². The van der Waals surface area contributed by atoms with Gasteiger partial charge in [-0.2, -0.15) is 0 Å². The number of fused-ring (bicyclic) bond motifs is 3. The summed E-state index contributed by atoms with van der Waals surface area (Å²) in [6, 6.07) is 3.15. The molecule has 0 radical (unpaired) electrons. The van der Waals surface area contributed by atoms with E-state index in [9.17, 15) is 15.0 Å². The lowest BCUT2D eigenvalue weighted by Gasteiger charge is -2.57. The van der Waals surface area contributed by atoms with Crippen molar-refractivity contribution >= 4 is 5.97 Å². The molecule has 3 fully saturated rings. The van der Waals surface area contributed by atoms with Crippen LogP contribution in [0.5, 0.6) is 11.5 Å². The Morgan fingerprint density at radius 1 is 1.22 bits per heavy atom. The third kappa shape index (κ3) is 3.03. The molecule has 1 heterocycles. The fourth-order valence-corrected chi connectivity index (χ4v) is 7.87. The normalized spacial score (nSPS) is 40.1. The first-order valence-corrected chi connectivity index (χ1v) is 12.1. The minimum absolute atomic E-state index is 0.0323. The number of rotatable bonds is 4. The Bertz CT molecular complexity index is 969. The van der Waals surface area contributed by atoms with Crippen molar-refractivity contribution in [2.24, 2.45) is 22.7 Å². The molecule has 5 rings (SSSR count). The van der Waals surface area contributed by atoms with Gasteiger partial charge in [-0.25, -0.2) is 0 Å². The minimum atomic E-state index is -0.426. The molecule has 5 heteroatoms. The Kier molecular flexibility index (Phi) is 4.94. The summed E-state index contributed by atoms with van der Waals surface area (Å²) in [6.07, 6.45) is 8.31. The monoisotopic (exact) mass is 440 g/mol. The Hall–Kier alpha value is -2.01. The van der Waals surface area contributed by atoms with Crippen LogP contribution in [0.2, 0.25) is 0 Å². The SMILES string of the molecule is C=C1CCC2[C@](C)(CCC[C@]2(C)C(=O)OC)[C@H]1CCC12Cc3c(O)ccc(O)c3CC1O2. The average Bonchev–Trinajstić information content (AvgIpc) is 3.47. The van der Waals surface area contributed by atoms with E-state index in [1.807, 2.05) is 0 Å². The molecule has 6 atom stereocenters. The number of allylic oxidation sites excluding steroid dienone is 1. The Labute approximate surface area is 190 Å². The molecule has 5 nitrogen and oxygen atoms in total. The molecule has 2 N–H and O–H groups in total. The van der Waals surface area contributed by atoms with Gasteiger partial charge in [0.1, 0.15) is 11.5 Å². The first kappa shape index (κ1) is 21.8. The zero-order valence-corrected chi connectivity index (χ0v) is 19.6. The van der Waals surface area contributed by atoms with Crippen molar-refractivity contribution in [1.82, 2.24) is 0 Å². The summed E-state index contributed by atoms with van der Waals surface area (Å²) >= 11 is 0. The van der Waals surface area contributed by atoms with Gasteiger partial charge in [-0.3, -0.25) is 4.79 Å². The quantitative estimate of drug-likeness (QED) is 0.296. The number of epoxide rings is 1. The molecule has 3 unspecified atom stereocenters. The number of phenols is 2. The van der Waals surface area contributed by atoms with E-state index in [0.717, 1.165) is 56.1 Å². The van der Waals surface area contributed by atoms with E-state index < -0.39 is 5.41 Å². The summed E-state index contributed by atoms with van der Waals surface area (Å²) in [5, 5.41) is 20.6. The molecule has 1 aromatic rings. The molecule has 174 valence electrons. The standard InChI is InChI=1S/C27H36O5/c1-16-6-9-22-25(2,11-5-12-26(22,3)24(30)31-4)19(16)10-13-27-15-18-17(14-23(27)32-27)20(28)7-8-21(18)29/h7-8,19,22-23,28-29H,1,5-6,9-15H2,2-4H3/t19-,22?,23?,25+,26-,27?/m0/s1. The van der Waals surface area contributed by atoms with Crippen LogP contribution in [-0.2, 0) is 27.1 Å². The largest absolute Gasteiger partial charge is 0.508 e. The van der Waals surface area contributed by atoms with Gasteiger partial charge in [-0.05, 0) is 74.8 Å². The van der Waals surface area contributed by atoms with Gasteiger partial charge in [0.15, 0.2) is 0 Å². The summed E-state index contributed by atoms with van der Waals surface area (Å²) in [5.74, 6) is 1.09. The number of phenolic OH excluding ortho intramolecular Hbond substituents is 2. The zero-order valence-electron chi connectivity index (χ0n) is 19.6. The predicted molar refractivity (Wildman–Crippen MR) is 121 cm³/mol. The maximum absolute atomic E-state index is 12.8. The van der Waals surface area contributed by atoms with Crippen molar-refractivity contribution in [1.29, 1.82) is 0 Å². The molecule has 1 aromatic carbocycles. The van der Waals surface area contributed by atoms with Gasteiger partial charge in [0.05, 0.1) is 24.2 Å². The van der Waals surface area contributed by atoms with Crippen molar-refractivity contribution in [3.63, 3.8) is 0 Å². The van der Waals surface area contributed by atoms with E-state index in [4.69, 9.17) is 9.47 Å². The van der Waals surface area contributed by atoms with Crippen molar-refractivity contribution in [2.75, 3.05) is 7.11 Å². The van der Waals surface area contributed by atoms with Gasteiger partial charge in [-0.15, -0.1) is 0 Å². The number of aromatic hydroxyl groups is 2. The van der Waals surface area contributed by atoms with Gasteiger partial charge in [0.2, 0.25) is 0 Å². The fourth-order valence-electron chi connectivity index (χ4n) is 7.87. The summed E-state index contributed by atoms with van der Waals surface area (Å²) in [7, 11) is 1.51. The molecule has 32 heavy (non-hydrogen) atoms. The first-order chi connectivity index (χ1) is 15.1.